The van der Waals surface area contributed by atoms with Crippen LogP contribution in [0.3, 0.4) is 0 Å². The Kier molecular flexibility index (Phi) is 4.14. The van der Waals surface area contributed by atoms with Crippen LogP contribution >= 0.6 is 11.7 Å². The van der Waals surface area contributed by atoms with Gasteiger partial charge in [-0.2, -0.15) is 13.8 Å². The Morgan fingerprint density at radius 2 is 2.33 bits per heavy atom. The molecule has 3 rings (SSSR count). The summed E-state index contributed by atoms with van der Waals surface area (Å²) in [5.74, 6) is 1.68. The van der Waals surface area contributed by atoms with Gasteiger partial charge in [0, 0.05) is 32.2 Å². The molecule has 1 fully saturated rings. The van der Waals surface area contributed by atoms with E-state index >= 15 is 0 Å². The lowest BCUT2D eigenvalue weighted by Gasteiger charge is -2.36. The van der Waals surface area contributed by atoms with Gasteiger partial charge in [-0.15, -0.1) is 0 Å². The number of rotatable bonds is 4. The average molecular weight is 306 g/mol. The summed E-state index contributed by atoms with van der Waals surface area (Å²) in [6.45, 7) is 1.77. The van der Waals surface area contributed by atoms with Gasteiger partial charge in [-0.3, -0.25) is 4.79 Å². The first kappa shape index (κ1) is 14.0. The third-order valence-electron chi connectivity index (χ3n) is 3.75. The predicted molar refractivity (Wildman–Crippen MR) is 82.9 cm³/mol. The second-order valence-corrected chi connectivity index (χ2v) is 5.73. The number of nitrogens with zero attached hydrogens (tertiary/aromatic N) is 5. The molecule has 2 aromatic heterocycles. The second kappa shape index (κ2) is 6.21. The lowest BCUT2D eigenvalue weighted by Crippen LogP contribution is -2.44. The Morgan fingerprint density at radius 1 is 1.43 bits per heavy atom. The van der Waals surface area contributed by atoms with E-state index in [0.29, 0.717) is 6.04 Å². The van der Waals surface area contributed by atoms with E-state index in [-0.39, 0.29) is 5.56 Å². The highest BCUT2D eigenvalue weighted by Gasteiger charge is 2.24. The van der Waals surface area contributed by atoms with Crippen molar-refractivity contribution in [1.29, 1.82) is 0 Å². The molecule has 0 amide bonds. The molecule has 8 heteroatoms. The fourth-order valence-corrected chi connectivity index (χ4v) is 3.02. The Hall–Kier alpha value is -1.96. The van der Waals surface area contributed by atoms with E-state index in [0.717, 1.165) is 37.6 Å². The largest absolute Gasteiger partial charge is 0.366 e. The molecule has 2 aromatic rings. The fraction of sp³-hybridized carbons (Fsp3) is 0.538. The summed E-state index contributed by atoms with van der Waals surface area (Å²) < 4.78 is 9.54. The summed E-state index contributed by atoms with van der Waals surface area (Å²) in [6, 6.07) is 3.74. The first-order chi connectivity index (χ1) is 10.2. The molecule has 0 spiro atoms. The number of aromatic nitrogens is 4. The van der Waals surface area contributed by atoms with Gasteiger partial charge in [0.2, 0.25) is 0 Å². The fourth-order valence-electron chi connectivity index (χ4n) is 2.62. The zero-order valence-corrected chi connectivity index (χ0v) is 12.7. The summed E-state index contributed by atoms with van der Waals surface area (Å²) in [5, 5.41) is 7.69. The summed E-state index contributed by atoms with van der Waals surface area (Å²) >= 11 is 1.20. The van der Waals surface area contributed by atoms with Gasteiger partial charge >= 0.3 is 0 Å². The molecule has 1 aliphatic heterocycles. The molecule has 0 radical (unpaired) electrons. The summed E-state index contributed by atoms with van der Waals surface area (Å²) in [4.78, 5) is 13.7. The van der Waals surface area contributed by atoms with Crippen molar-refractivity contribution in [3.05, 3.63) is 28.7 Å². The van der Waals surface area contributed by atoms with E-state index < -0.39 is 0 Å². The van der Waals surface area contributed by atoms with Gasteiger partial charge in [-0.05, 0) is 25.3 Å². The number of hydrogen-bond acceptors (Lipinski definition) is 7. The molecule has 1 aliphatic rings. The van der Waals surface area contributed by atoms with Crippen LogP contribution in [0.4, 0.5) is 11.6 Å². The quantitative estimate of drug-likeness (QED) is 0.912. The van der Waals surface area contributed by atoms with Crippen molar-refractivity contribution in [3.8, 4) is 0 Å². The molecule has 0 aliphatic carbocycles. The van der Waals surface area contributed by atoms with Crippen LogP contribution < -0.4 is 15.8 Å². The summed E-state index contributed by atoms with van der Waals surface area (Å²) in [7, 11) is 1.68. The topological polar surface area (TPSA) is 75.9 Å². The first-order valence-corrected chi connectivity index (χ1v) is 7.79. The van der Waals surface area contributed by atoms with Gasteiger partial charge < -0.3 is 10.2 Å². The lowest BCUT2D eigenvalue weighted by atomic mass is 10.0. The SMILES string of the molecule is Cn1nc(N2CCCCC2CNc2cnsn2)ccc1=O. The first-order valence-electron chi connectivity index (χ1n) is 7.06. The van der Waals surface area contributed by atoms with Crippen LogP contribution in [0, 0.1) is 0 Å². The monoisotopic (exact) mass is 306 g/mol. The Labute approximate surface area is 126 Å². The normalized spacial score (nSPS) is 18.7. The van der Waals surface area contributed by atoms with Crippen LogP contribution in [0.2, 0.25) is 0 Å². The Balaban J connectivity index is 1.74. The van der Waals surface area contributed by atoms with Crippen LogP contribution in [0.5, 0.6) is 0 Å². The van der Waals surface area contributed by atoms with Gasteiger partial charge in [0.25, 0.3) is 5.56 Å². The van der Waals surface area contributed by atoms with E-state index in [1.165, 1.54) is 22.8 Å². The van der Waals surface area contributed by atoms with E-state index in [4.69, 9.17) is 0 Å². The smallest absolute Gasteiger partial charge is 0.266 e. The maximum atomic E-state index is 11.5. The van der Waals surface area contributed by atoms with Crippen molar-refractivity contribution >= 4 is 23.4 Å². The van der Waals surface area contributed by atoms with E-state index in [1.54, 1.807) is 19.3 Å². The molecule has 0 saturated carbocycles. The Morgan fingerprint density at radius 3 is 3.10 bits per heavy atom. The van der Waals surface area contributed by atoms with Crippen molar-refractivity contribution < 1.29 is 0 Å². The maximum absolute atomic E-state index is 11.5. The molecule has 112 valence electrons. The highest BCUT2D eigenvalue weighted by molar-refractivity contribution is 6.99. The molecule has 1 atom stereocenters. The minimum Gasteiger partial charge on any atom is -0.366 e. The molecular weight excluding hydrogens is 288 g/mol. The molecule has 1 saturated heterocycles. The van der Waals surface area contributed by atoms with Gasteiger partial charge in [0.1, 0.15) is 5.82 Å². The molecular formula is C13H18N6OS. The minimum absolute atomic E-state index is 0.0843. The van der Waals surface area contributed by atoms with Crippen molar-refractivity contribution in [2.45, 2.75) is 25.3 Å². The summed E-state index contributed by atoms with van der Waals surface area (Å²) in [5.41, 5.74) is -0.0843. The van der Waals surface area contributed by atoms with Crippen LogP contribution in [-0.4, -0.2) is 37.7 Å². The van der Waals surface area contributed by atoms with Gasteiger partial charge in [-0.25, -0.2) is 4.68 Å². The molecule has 3 heterocycles. The highest BCUT2D eigenvalue weighted by atomic mass is 32.1. The molecule has 7 nitrogen and oxygen atoms in total. The van der Waals surface area contributed by atoms with Gasteiger partial charge in [0.05, 0.1) is 17.9 Å². The Bertz CT molecular complexity index is 640. The molecule has 21 heavy (non-hydrogen) atoms. The number of aryl methyl sites for hydroxylation is 1. The van der Waals surface area contributed by atoms with Crippen LogP contribution in [0.25, 0.3) is 0 Å². The third-order valence-corrected chi connectivity index (χ3v) is 4.23. The van der Waals surface area contributed by atoms with Gasteiger partial charge in [0.15, 0.2) is 5.82 Å². The van der Waals surface area contributed by atoms with Crippen molar-refractivity contribution in [3.63, 3.8) is 0 Å². The van der Waals surface area contributed by atoms with E-state index in [2.05, 4.69) is 24.1 Å². The van der Waals surface area contributed by atoms with Crippen molar-refractivity contribution in [2.75, 3.05) is 23.3 Å². The van der Waals surface area contributed by atoms with Crippen LogP contribution in [0.1, 0.15) is 19.3 Å². The summed E-state index contributed by atoms with van der Waals surface area (Å²) in [6.07, 6.45) is 5.21. The van der Waals surface area contributed by atoms with E-state index in [1.807, 2.05) is 6.07 Å². The molecule has 0 aromatic carbocycles. The average Bonchev–Trinajstić information content (AvgIpc) is 3.02. The number of anilines is 2. The van der Waals surface area contributed by atoms with Crippen molar-refractivity contribution in [2.24, 2.45) is 7.05 Å². The van der Waals surface area contributed by atoms with Crippen LogP contribution in [0.15, 0.2) is 23.1 Å². The third kappa shape index (κ3) is 3.21. The van der Waals surface area contributed by atoms with Crippen LogP contribution in [-0.2, 0) is 7.05 Å². The maximum Gasteiger partial charge on any atom is 0.266 e. The molecule has 0 bridgehead atoms. The molecule has 1 unspecified atom stereocenters. The second-order valence-electron chi connectivity index (χ2n) is 5.17. The van der Waals surface area contributed by atoms with Gasteiger partial charge in [-0.1, -0.05) is 0 Å². The zero-order chi connectivity index (χ0) is 14.7. The predicted octanol–water partition coefficient (Wildman–Crippen LogP) is 1.10. The number of hydrogen-bond donors (Lipinski definition) is 1. The highest BCUT2D eigenvalue weighted by Crippen LogP contribution is 2.22. The van der Waals surface area contributed by atoms with Crippen molar-refractivity contribution in [1.82, 2.24) is 18.5 Å². The minimum atomic E-state index is -0.0843. The lowest BCUT2D eigenvalue weighted by molar-refractivity contribution is 0.464. The molecule has 1 N–H and O–H groups in total. The number of piperidine rings is 1. The van der Waals surface area contributed by atoms with E-state index in [9.17, 15) is 4.79 Å². The standard InChI is InChI=1S/C13H18N6OS/c1-18-13(20)6-5-12(16-18)19-7-3-2-4-10(19)8-14-11-9-15-21-17-11/h5-6,9-10H,2-4,7-8H2,1H3,(H,14,17). The number of nitrogens with one attached hydrogen (secondary N) is 1. The zero-order valence-electron chi connectivity index (χ0n) is 11.9.